The predicted octanol–water partition coefficient (Wildman–Crippen LogP) is 5.50. The third-order valence-electron chi connectivity index (χ3n) is 6.65. The lowest BCUT2D eigenvalue weighted by Gasteiger charge is -2.28. The van der Waals surface area contributed by atoms with E-state index in [1.165, 1.54) is 24.0 Å². The molecule has 0 N–H and O–H groups in total. The maximum absolute atomic E-state index is 12.3. The molecule has 3 atom stereocenters. The molecular formula is C24H29NO2. The second kappa shape index (κ2) is 7.03. The molecule has 0 bridgehead atoms. The fourth-order valence-electron chi connectivity index (χ4n) is 5.00. The predicted molar refractivity (Wildman–Crippen MR) is 109 cm³/mol. The number of hydrogen-bond donors (Lipinski definition) is 0. The summed E-state index contributed by atoms with van der Waals surface area (Å²) in [5.74, 6) is 2.10. The van der Waals surface area contributed by atoms with Crippen molar-refractivity contribution in [1.82, 2.24) is 0 Å². The molecule has 2 aromatic rings. The molecule has 2 aliphatic rings. The number of benzene rings is 2. The van der Waals surface area contributed by atoms with Crippen molar-refractivity contribution in [2.45, 2.75) is 52.1 Å². The molecule has 1 amide bonds. The normalized spacial score (nSPS) is 23.7. The van der Waals surface area contributed by atoms with Crippen molar-refractivity contribution < 1.29 is 9.53 Å². The Morgan fingerprint density at radius 1 is 1.11 bits per heavy atom. The van der Waals surface area contributed by atoms with Crippen LogP contribution >= 0.6 is 0 Å². The van der Waals surface area contributed by atoms with E-state index in [0.29, 0.717) is 11.8 Å². The van der Waals surface area contributed by atoms with Gasteiger partial charge in [0.15, 0.2) is 0 Å². The van der Waals surface area contributed by atoms with Gasteiger partial charge in [0, 0.05) is 18.7 Å². The molecule has 3 nitrogen and oxygen atoms in total. The molecule has 4 rings (SSSR count). The topological polar surface area (TPSA) is 29.5 Å². The van der Waals surface area contributed by atoms with Crippen LogP contribution in [0.15, 0.2) is 42.5 Å². The summed E-state index contributed by atoms with van der Waals surface area (Å²) in [4.78, 5) is 14.0. The van der Waals surface area contributed by atoms with Gasteiger partial charge in [-0.3, -0.25) is 4.79 Å². The van der Waals surface area contributed by atoms with E-state index in [1.54, 1.807) is 4.90 Å². The van der Waals surface area contributed by atoms with Crippen molar-refractivity contribution in [3.8, 4) is 5.75 Å². The number of likely N-dealkylation sites (N-methyl/N-ethyl adjacent to an activating group) is 1. The highest BCUT2D eigenvalue weighted by molar-refractivity contribution is 6.04. The summed E-state index contributed by atoms with van der Waals surface area (Å²) in [6.07, 6.45) is 3.54. The first-order chi connectivity index (χ1) is 13.0. The number of ether oxygens (including phenoxy) is 1. The summed E-state index contributed by atoms with van der Waals surface area (Å²) in [7, 11) is 1.85. The second-order valence-corrected chi connectivity index (χ2v) is 8.02. The zero-order valence-electron chi connectivity index (χ0n) is 16.7. The van der Waals surface area contributed by atoms with Crippen molar-refractivity contribution in [3.63, 3.8) is 0 Å². The summed E-state index contributed by atoms with van der Waals surface area (Å²) in [5, 5.41) is 0. The number of carbonyl (C=O) groups is 1. The Bertz CT molecular complexity index is 855. The molecular weight excluding hydrogens is 334 g/mol. The fraction of sp³-hybridized carbons (Fsp3) is 0.458. The van der Waals surface area contributed by atoms with Gasteiger partial charge in [0.1, 0.15) is 11.9 Å². The van der Waals surface area contributed by atoms with E-state index in [0.717, 1.165) is 23.4 Å². The van der Waals surface area contributed by atoms with E-state index in [9.17, 15) is 4.79 Å². The van der Waals surface area contributed by atoms with Crippen LogP contribution in [0, 0.1) is 11.8 Å². The Labute approximate surface area is 162 Å². The molecule has 0 spiro atoms. The average molecular weight is 364 g/mol. The van der Waals surface area contributed by atoms with Gasteiger partial charge in [-0.05, 0) is 54.2 Å². The zero-order chi connectivity index (χ0) is 19.1. The number of fused-ring (bicyclic) bond motifs is 2. The summed E-state index contributed by atoms with van der Waals surface area (Å²) in [6.45, 7) is 6.55. The molecule has 1 aliphatic carbocycles. The minimum Gasteiger partial charge on any atom is -0.485 e. The maximum atomic E-state index is 12.3. The SMILES string of the molecule is CCC(CC)C1Cc2ccccc2[C@H]1Oc1ccc2c(c1)C(C)C(=O)N2C. The Kier molecular flexibility index (Phi) is 4.71. The number of anilines is 1. The second-order valence-electron chi connectivity index (χ2n) is 8.02. The zero-order valence-corrected chi connectivity index (χ0v) is 16.7. The third kappa shape index (κ3) is 2.93. The molecule has 0 saturated carbocycles. The van der Waals surface area contributed by atoms with Gasteiger partial charge in [0.2, 0.25) is 5.91 Å². The smallest absolute Gasteiger partial charge is 0.234 e. The molecule has 142 valence electrons. The first-order valence-electron chi connectivity index (χ1n) is 10.2. The van der Waals surface area contributed by atoms with Crippen LogP contribution in [-0.2, 0) is 11.2 Å². The average Bonchev–Trinajstić information content (AvgIpc) is 3.15. The number of rotatable bonds is 5. The van der Waals surface area contributed by atoms with E-state index in [-0.39, 0.29) is 17.9 Å². The molecule has 3 heteroatoms. The summed E-state index contributed by atoms with van der Waals surface area (Å²) in [5.41, 5.74) is 4.83. The molecule has 2 unspecified atom stereocenters. The molecule has 1 aliphatic heterocycles. The van der Waals surface area contributed by atoms with Gasteiger partial charge in [0.25, 0.3) is 0 Å². The van der Waals surface area contributed by atoms with Crippen molar-refractivity contribution >= 4 is 11.6 Å². The minimum atomic E-state index is -0.0979. The number of hydrogen-bond acceptors (Lipinski definition) is 2. The van der Waals surface area contributed by atoms with Crippen LogP contribution in [0.25, 0.3) is 0 Å². The molecule has 27 heavy (non-hydrogen) atoms. The van der Waals surface area contributed by atoms with Gasteiger partial charge in [-0.25, -0.2) is 0 Å². The molecule has 0 fully saturated rings. The monoisotopic (exact) mass is 363 g/mol. The Morgan fingerprint density at radius 3 is 2.59 bits per heavy atom. The summed E-state index contributed by atoms with van der Waals surface area (Å²) in [6, 6.07) is 14.8. The van der Waals surface area contributed by atoms with Crippen LogP contribution in [0.3, 0.4) is 0 Å². The van der Waals surface area contributed by atoms with E-state index >= 15 is 0 Å². The van der Waals surface area contributed by atoms with Crippen molar-refractivity contribution in [3.05, 3.63) is 59.2 Å². The lowest BCUT2D eigenvalue weighted by Crippen LogP contribution is -2.22. The van der Waals surface area contributed by atoms with Crippen LogP contribution < -0.4 is 9.64 Å². The van der Waals surface area contributed by atoms with Crippen molar-refractivity contribution in [2.75, 3.05) is 11.9 Å². The van der Waals surface area contributed by atoms with Gasteiger partial charge in [-0.2, -0.15) is 0 Å². The molecule has 0 aromatic heterocycles. The highest BCUT2D eigenvalue weighted by Crippen LogP contribution is 2.46. The van der Waals surface area contributed by atoms with E-state index in [4.69, 9.17) is 4.74 Å². The van der Waals surface area contributed by atoms with E-state index < -0.39 is 0 Å². The van der Waals surface area contributed by atoms with Crippen LogP contribution in [-0.4, -0.2) is 13.0 Å². The standard InChI is InChI=1S/C24H29NO2/c1-5-16(6-2)21-13-17-9-7-8-10-19(17)23(21)27-18-11-12-22-20(14-18)15(3)24(26)25(22)4/h7-12,14-16,21,23H,5-6,13H2,1-4H3/t15?,21?,23-/m1/s1. The highest BCUT2D eigenvalue weighted by atomic mass is 16.5. The third-order valence-corrected chi connectivity index (χ3v) is 6.65. The van der Waals surface area contributed by atoms with Crippen LogP contribution in [0.2, 0.25) is 0 Å². The van der Waals surface area contributed by atoms with Crippen LogP contribution in [0.1, 0.15) is 62.3 Å². The Morgan fingerprint density at radius 2 is 1.85 bits per heavy atom. The van der Waals surface area contributed by atoms with Gasteiger partial charge in [-0.15, -0.1) is 0 Å². The maximum Gasteiger partial charge on any atom is 0.234 e. The Hall–Kier alpha value is -2.29. The molecule has 1 heterocycles. The first-order valence-corrected chi connectivity index (χ1v) is 10.2. The van der Waals surface area contributed by atoms with Gasteiger partial charge >= 0.3 is 0 Å². The lowest BCUT2D eigenvalue weighted by molar-refractivity contribution is -0.118. The molecule has 0 saturated heterocycles. The fourth-order valence-corrected chi connectivity index (χ4v) is 5.00. The number of amides is 1. The summed E-state index contributed by atoms with van der Waals surface area (Å²) >= 11 is 0. The van der Waals surface area contributed by atoms with Crippen molar-refractivity contribution in [1.29, 1.82) is 0 Å². The largest absolute Gasteiger partial charge is 0.485 e. The Balaban J connectivity index is 1.67. The molecule has 2 aromatic carbocycles. The van der Waals surface area contributed by atoms with Gasteiger partial charge in [-0.1, -0.05) is 51.0 Å². The van der Waals surface area contributed by atoms with Crippen LogP contribution in [0.4, 0.5) is 5.69 Å². The minimum absolute atomic E-state index is 0.0919. The van der Waals surface area contributed by atoms with E-state index in [1.807, 2.05) is 26.1 Å². The highest BCUT2D eigenvalue weighted by Gasteiger charge is 2.38. The summed E-state index contributed by atoms with van der Waals surface area (Å²) < 4.78 is 6.61. The van der Waals surface area contributed by atoms with Gasteiger partial charge < -0.3 is 9.64 Å². The quantitative estimate of drug-likeness (QED) is 0.702. The van der Waals surface area contributed by atoms with E-state index in [2.05, 4.69) is 44.2 Å². The van der Waals surface area contributed by atoms with Gasteiger partial charge in [0.05, 0.1) is 5.92 Å². The van der Waals surface area contributed by atoms with Crippen molar-refractivity contribution in [2.24, 2.45) is 11.8 Å². The molecule has 0 radical (unpaired) electrons. The van der Waals surface area contributed by atoms with Crippen LogP contribution in [0.5, 0.6) is 5.75 Å². The number of nitrogens with zero attached hydrogens (tertiary/aromatic N) is 1. The first kappa shape index (κ1) is 18.1. The lowest BCUT2D eigenvalue weighted by atomic mass is 9.84. The number of carbonyl (C=O) groups excluding carboxylic acids is 1.